The van der Waals surface area contributed by atoms with E-state index in [1.165, 1.54) is 11.8 Å². The molecule has 242 valence electrons. The van der Waals surface area contributed by atoms with Crippen LogP contribution in [0.1, 0.15) is 32.3 Å². The number of carbonyl (C=O) groups is 3. The topological polar surface area (TPSA) is 106 Å². The van der Waals surface area contributed by atoms with Gasteiger partial charge in [0, 0.05) is 22.2 Å². The predicted octanol–water partition coefficient (Wildman–Crippen LogP) is 7.89. The number of amides is 3. The van der Waals surface area contributed by atoms with E-state index in [-0.39, 0.29) is 11.6 Å². The van der Waals surface area contributed by atoms with E-state index < -0.39 is 17.1 Å². The second kappa shape index (κ2) is 16.2. The predicted molar refractivity (Wildman–Crippen MR) is 191 cm³/mol. The molecule has 48 heavy (non-hydrogen) atoms. The Kier molecular flexibility index (Phi) is 11.3. The van der Waals surface area contributed by atoms with Gasteiger partial charge in [-0.05, 0) is 78.2 Å². The van der Waals surface area contributed by atoms with E-state index in [0.29, 0.717) is 28.4 Å². The maximum atomic E-state index is 13.7. The van der Waals surface area contributed by atoms with Crippen LogP contribution >= 0.6 is 11.8 Å². The molecule has 0 heterocycles. The summed E-state index contributed by atoms with van der Waals surface area (Å²) in [5.41, 5.74) is 4.14. The summed E-state index contributed by atoms with van der Waals surface area (Å²) >= 11 is 1.37. The number of anilines is 2. The van der Waals surface area contributed by atoms with Crippen LogP contribution in [0.3, 0.4) is 0 Å². The van der Waals surface area contributed by atoms with Crippen molar-refractivity contribution in [3.05, 3.63) is 155 Å². The van der Waals surface area contributed by atoms with E-state index in [1.54, 1.807) is 74.9 Å². The van der Waals surface area contributed by atoms with Gasteiger partial charge in [0.05, 0.1) is 19.9 Å². The van der Waals surface area contributed by atoms with Crippen molar-refractivity contribution < 1.29 is 23.9 Å². The fourth-order valence-electron chi connectivity index (χ4n) is 4.81. The molecule has 9 heteroatoms. The molecule has 0 spiro atoms. The molecule has 1 unspecified atom stereocenters. The highest BCUT2D eigenvalue weighted by molar-refractivity contribution is 8.00. The molecule has 1 atom stereocenters. The lowest BCUT2D eigenvalue weighted by atomic mass is 10.1. The molecule has 0 bridgehead atoms. The van der Waals surface area contributed by atoms with Gasteiger partial charge in [0.15, 0.2) is 0 Å². The Morgan fingerprint density at radius 3 is 2.06 bits per heavy atom. The third-order valence-corrected chi connectivity index (χ3v) is 8.65. The first-order valence-corrected chi connectivity index (χ1v) is 16.0. The molecule has 0 fully saturated rings. The van der Waals surface area contributed by atoms with E-state index in [9.17, 15) is 14.4 Å². The number of hydrogen-bond donors (Lipinski definition) is 3. The number of rotatable bonds is 12. The second-order valence-electron chi connectivity index (χ2n) is 10.7. The van der Waals surface area contributed by atoms with Crippen molar-refractivity contribution in [1.82, 2.24) is 5.32 Å². The molecule has 5 aromatic carbocycles. The first-order chi connectivity index (χ1) is 23.3. The summed E-state index contributed by atoms with van der Waals surface area (Å²) in [5.74, 6) is -0.0119. The number of aryl methyl sites for hydroxylation is 1. The summed E-state index contributed by atoms with van der Waals surface area (Å²) in [4.78, 5) is 41.1. The van der Waals surface area contributed by atoms with Gasteiger partial charge in [-0.2, -0.15) is 0 Å². The number of ether oxygens (including phenoxy) is 2. The minimum absolute atomic E-state index is 0.102. The molecule has 5 rings (SSSR count). The van der Waals surface area contributed by atoms with Crippen molar-refractivity contribution in [3.8, 4) is 11.5 Å². The summed E-state index contributed by atoms with van der Waals surface area (Å²) in [5, 5.41) is 8.07. The minimum atomic E-state index is -0.598. The first-order valence-electron chi connectivity index (χ1n) is 15.1. The fourth-order valence-corrected chi connectivity index (χ4v) is 5.83. The zero-order valence-electron chi connectivity index (χ0n) is 26.7. The van der Waals surface area contributed by atoms with E-state index in [1.807, 2.05) is 79.7 Å². The Balaban J connectivity index is 1.34. The van der Waals surface area contributed by atoms with Gasteiger partial charge < -0.3 is 25.4 Å². The van der Waals surface area contributed by atoms with Crippen LogP contribution in [0.25, 0.3) is 6.08 Å². The summed E-state index contributed by atoms with van der Waals surface area (Å²) in [6.45, 7) is 1.94. The van der Waals surface area contributed by atoms with Gasteiger partial charge in [0.1, 0.15) is 22.4 Å². The molecule has 0 aromatic heterocycles. The standard InChI is InChI=1S/C39H35N3O5S/c1-26-12-10-11-17-29(26)24-34(42-37(43)28-15-8-5-9-16-28)38(44)40-30-18-21-32(22-19-30)48-36(27-13-6-4-7-14-27)39(45)41-33-25-31(46-2)20-23-35(33)47-3/h4-25,36H,1-3H3,(H,40,44)(H,41,45)(H,42,43)/b34-24-. The van der Waals surface area contributed by atoms with E-state index >= 15 is 0 Å². The second-order valence-corrected chi connectivity index (χ2v) is 11.9. The zero-order valence-corrected chi connectivity index (χ0v) is 27.5. The molecule has 3 N–H and O–H groups in total. The smallest absolute Gasteiger partial charge is 0.272 e. The van der Waals surface area contributed by atoms with Gasteiger partial charge in [0.25, 0.3) is 11.8 Å². The largest absolute Gasteiger partial charge is 0.497 e. The number of methoxy groups -OCH3 is 2. The summed E-state index contributed by atoms with van der Waals surface area (Å²) < 4.78 is 10.8. The van der Waals surface area contributed by atoms with Crippen molar-refractivity contribution in [2.45, 2.75) is 17.1 Å². The first kappa shape index (κ1) is 33.6. The lowest BCUT2D eigenvalue weighted by molar-refractivity contribution is -0.116. The zero-order chi connectivity index (χ0) is 33.9. The Morgan fingerprint density at radius 2 is 1.40 bits per heavy atom. The van der Waals surface area contributed by atoms with Crippen LogP contribution in [-0.2, 0) is 9.59 Å². The van der Waals surface area contributed by atoms with Crippen molar-refractivity contribution in [3.63, 3.8) is 0 Å². The maximum absolute atomic E-state index is 13.7. The van der Waals surface area contributed by atoms with Crippen LogP contribution in [-0.4, -0.2) is 31.9 Å². The Bertz CT molecular complexity index is 1910. The minimum Gasteiger partial charge on any atom is -0.497 e. The average Bonchev–Trinajstić information content (AvgIpc) is 3.12. The van der Waals surface area contributed by atoms with Crippen molar-refractivity contribution in [2.24, 2.45) is 0 Å². The number of carbonyl (C=O) groups excluding carboxylic acids is 3. The van der Waals surface area contributed by atoms with Crippen molar-refractivity contribution in [1.29, 1.82) is 0 Å². The van der Waals surface area contributed by atoms with Crippen LogP contribution in [0.15, 0.2) is 138 Å². The summed E-state index contributed by atoms with van der Waals surface area (Å²) in [6, 6.07) is 38.2. The van der Waals surface area contributed by atoms with Gasteiger partial charge in [-0.3, -0.25) is 14.4 Å². The van der Waals surface area contributed by atoms with Crippen LogP contribution < -0.4 is 25.4 Å². The average molecular weight is 658 g/mol. The Morgan fingerprint density at radius 1 is 0.729 bits per heavy atom. The van der Waals surface area contributed by atoms with Gasteiger partial charge in [-0.25, -0.2) is 0 Å². The van der Waals surface area contributed by atoms with Crippen LogP contribution in [0.5, 0.6) is 11.5 Å². The molecular weight excluding hydrogens is 623 g/mol. The lowest BCUT2D eigenvalue weighted by Gasteiger charge is -2.19. The highest BCUT2D eigenvalue weighted by atomic mass is 32.2. The Labute approximate surface area is 284 Å². The highest BCUT2D eigenvalue weighted by Crippen LogP contribution is 2.38. The van der Waals surface area contributed by atoms with Gasteiger partial charge in [-0.15, -0.1) is 11.8 Å². The lowest BCUT2D eigenvalue weighted by Crippen LogP contribution is -2.30. The summed E-state index contributed by atoms with van der Waals surface area (Å²) in [6.07, 6.45) is 1.66. The molecule has 0 saturated carbocycles. The normalized spacial score (nSPS) is 11.6. The van der Waals surface area contributed by atoms with Gasteiger partial charge >= 0.3 is 0 Å². The summed E-state index contributed by atoms with van der Waals surface area (Å²) in [7, 11) is 3.10. The Hall–Kier alpha value is -5.80. The third-order valence-electron chi connectivity index (χ3n) is 7.39. The molecule has 5 aromatic rings. The van der Waals surface area contributed by atoms with Crippen LogP contribution in [0.2, 0.25) is 0 Å². The van der Waals surface area contributed by atoms with Crippen LogP contribution in [0, 0.1) is 6.92 Å². The highest BCUT2D eigenvalue weighted by Gasteiger charge is 2.24. The molecule has 0 aliphatic carbocycles. The fraction of sp³-hybridized carbons (Fsp3) is 0.103. The van der Waals surface area contributed by atoms with Gasteiger partial charge in [-0.1, -0.05) is 72.8 Å². The molecule has 0 aliphatic heterocycles. The SMILES string of the molecule is COc1ccc(OC)c(NC(=O)C(Sc2ccc(NC(=O)/C(=C/c3ccccc3C)NC(=O)c3ccccc3)cc2)c2ccccc2)c1. The third kappa shape index (κ3) is 8.71. The van der Waals surface area contributed by atoms with Gasteiger partial charge in [0.2, 0.25) is 5.91 Å². The molecule has 0 saturated heterocycles. The van der Waals surface area contributed by atoms with Crippen molar-refractivity contribution in [2.75, 3.05) is 24.9 Å². The molecular formula is C39H35N3O5S. The quantitative estimate of drug-likeness (QED) is 0.0931. The van der Waals surface area contributed by atoms with E-state index in [0.717, 1.165) is 21.6 Å². The molecule has 3 amide bonds. The maximum Gasteiger partial charge on any atom is 0.272 e. The molecule has 0 aliphatic rings. The van der Waals surface area contributed by atoms with E-state index in [4.69, 9.17) is 9.47 Å². The number of thioether (sulfide) groups is 1. The molecule has 0 radical (unpaired) electrons. The van der Waals surface area contributed by atoms with Crippen LogP contribution in [0.4, 0.5) is 11.4 Å². The number of hydrogen-bond acceptors (Lipinski definition) is 6. The van der Waals surface area contributed by atoms with E-state index in [2.05, 4.69) is 16.0 Å². The number of nitrogens with one attached hydrogen (secondary N) is 3. The monoisotopic (exact) mass is 657 g/mol. The number of benzene rings is 5. The molecule has 8 nitrogen and oxygen atoms in total. The van der Waals surface area contributed by atoms with Crippen molar-refractivity contribution >= 4 is 46.9 Å².